The molecule has 1 N–H and O–H groups in total. The molecule has 2 aromatic rings. The summed E-state index contributed by atoms with van der Waals surface area (Å²) in [5, 5.41) is 23.3. The molecule has 0 spiro atoms. The second-order valence-electron chi connectivity index (χ2n) is 9.88. The zero-order valence-corrected chi connectivity index (χ0v) is 19.1. The summed E-state index contributed by atoms with van der Waals surface area (Å²) in [6.07, 6.45) is 9.34. The Morgan fingerprint density at radius 2 is 1.78 bits per heavy atom. The van der Waals surface area contributed by atoms with Crippen LogP contribution in [0, 0.1) is 33.3 Å². The molecule has 0 unspecified atom stereocenters. The van der Waals surface area contributed by atoms with E-state index in [9.17, 15) is 14.9 Å². The molecule has 1 aromatic carbocycles. The van der Waals surface area contributed by atoms with Gasteiger partial charge in [0.25, 0.3) is 5.69 Å². The van der Waals surface area contributed by atoms with E-state index < -0.39 is 4.92 Å². The molecule has 4 aliphatic rings. The largest absolute Gasteiger partial charge is 0.325 e. The highest BCUT2D eigenvalue weighted by Gasteiger charge is 2.51. The quantitative estimate of drug-likeness (QED) is 0.352. The van der Waals surface area contributed by atoms with E-state index in [2.05, 4.69) is 27.0 Å². The highest BCUT2D eigenvalue weighted by molar-refractivity contribution is 7.99. The van der Waals surface area contributed by atoms with E-state index in [0.29, 0.717) is 11.1 Å². The van der Waals surface area contributed by atoms with Gasteiger partial charge in [0.15, 0.2) is 5.16 Å². The van der Waals surface area contributed by atoms with Gasteiger partial charge in [-0.3, -0.25) is 14.9 Å². The van der Waals surface area contributed by atoms with Crippen LogP contribution in [-0.2, 0) is 17.8 Å². The molecule has 0 saturated heterocycles. The molecule has 0 atom stereocenters. The lowest BCUT2D eigenvalue weighted by molar-refractivity contribution is -0.384. The van der Waals surface area contributed by atoms with E-state index in [1.807, 2.05) is 0 Å². The summed E-state index contributed by atoms with van der Waals surface area (Å²) in [6.45, 7) is 2.90. The van der Waals surface area contributed by atoms with Crippen molar-refractivity contribution in [3.63, 3.8) is 0 Å². The van der Waals surface area contributed by atoms with Crippen molar-refractivity contribution in [3.8, 4) is 0 Å². The first kappa shape index (κ1) is 21.4. The summed E-state index contributed by atoms with van der Waals surface area (Å²) in [5.41, 5.74) is 0.949. The maximum absolute atomic E-state index is 12.4. The van der Waals surface area contributed by atoms with Crippen molar-refractivity contribution in [1.29, 1.82) is 0 Å². The molecule has 170 valence electrons. The molecule has 8 nitrogen and oxygen atoms in total. The predicted octanol–water partition coefficient (Wildman–Crippen LogP) is 4.70. The number of benzene rings is 1. The second kappa shape index (κ2) is 8.50. The van der Waals surface area contributed by atoms with Gasteiger partial charge in [-0.15, -0.1) is 10.2 Å². The van der Waals surface area contributed by atoms with Gasteiger partial charge in [-0.2, -0.15) is 0 Å². The van der Waals surface area contributed by atoms with Crippen LogP contribution in [0.4, 0.5) is 11.4 Å². The third kappa shape index (κ3) is 4.27. The first-order chi connectivity index (χ1) is 15.4. The van der Waals surface area contributed by atoms with E-state index in [-0.39, 0.29) is 17.3 Å². The smallest absolute Gasteiger partial charge is 0.269 e. The Kier molecular flexibility index (Phi) is 5.69. The van der Waals surface area contributed by atoms with Gasteiger partial charge in [-0.25, -0.2) is 0 Å². The molecule has 0 aliphatic heterocycles. The van der Waals surface area contributed by atoms with Crippen LogP contribution in [0.5, 0.6) is 0 Å². The summed E-state index contributed by atoms with van der Waals surface area (Å²) in [6, 6.07) is 5.85. The number of nitrogens with one attached hydrogen (secondary N) is 1. The Labute approximate surface area is 191 Å². The Bertz CT molecular complexity index is 984. The number of carbonyl (C=O) groups is 1. The maximum atomic E-state index is 12.4. The molecular formula is C23H29N5O3S. The number of rotatable bonds is 8. The average Bonchev–Trinajstić information content (AvgIpc) is 3.12. The summed E-state index contributed by atoms with van der Waals surface area (Å²) >= 11 is 1.39. The van der Waals surface area contributed by atoms with Crippen LogP contribution in [0.1, 0.15) is 51.3 Å². The van der Waals surface area contributed by atoms with E-state index >= 15 is 0 Å². The Morgan fingerprint density at radius 1 is 1.16 bits per heavy atom. The molecule has 4 fully saturated rings. The number of hydrogen-bond acceptors (Lipinski definition) is 6. The normalized spacial score (nSPS) is 28.1. The minimum Gasteiger partial charge on any atom is -0.325 e. The van der Waals surface area contributed by atoms with Crippen LogP contribution < -0.4 is 5.32 Å². The van der Waals surface area contributed by atoms with Gasteiger partial charge in [0.05, 0.1) is 10.7 Å². The minimum atomic E-state index is -0.458. The number of anilines is 1. The molecule has 6 rings (SSSR count). The number of aromatic nitrogens is 3. The number of nitro benzene ring substituents is 1. The van der Waals surface area contributed by atoms with Crippen LogP contribution in [0.2, 0.25) is 0 Å². The summed E-state index contributed by atoms with van der Waals surface area (Å²) in [7, 11) is 0. The van der Waals surface area contributed by atoms with Crippen molar-refractivity contribution in [2.75, 3.05) is 11.1 Å². The highest BCUT2D eigenvalue weighted by Crippen LogP contribution is 2.61. The third-order valence-corrected chi connectivity index (χ3v) is 8.47. The summed E-state index contributed by atoms with van der Waals surface area (Å²) in [4.78, 5) is 22.7. The van der Waals surface area contributed by atoms with E-state index in [0.717, 1.165) is 41.7 Å². The number of nitrogens with zero attached hydrogens (tertiary/aromatic N) is 4. The minimum absolute atomic E-state index is 0.0000241. The fourth-order valence-corrected chi connectivity index (χ4v) is 7.53. The number of hydrogen-bond donors (Lipinski definition) is 1. The van der Waals surface area contributed by atoms with Crippen LogP contribution >= 0.6 is 11.8 Å². The number of amides is 1. The number of carbonyl (C=O) groups excluding carboxylic acids is 1. The SMILES string of the molecule is CCn1c(CC23CC4CC(CC(C4)C2)C3)nnc1SCC(=O)Nc1ccc([N+](=O)[O-])cc1. The molecule has 4 aliphatic carbocycles. The molecule has 0 radical (unpaired) electrons. The van der Waals surface area contributed by atoms with Crippen molar-refractivity contribution in [3.05, 3.63) is 40.2 Å². The molecule has 4 saturated carbocycles. The van der Waals surface area contributed by atoms with Crippen molar-refractivity contribution < 1.29 is 9.72 Å². The number of nitro groups is 1. The fourth-order valence-electron chi connectivity index (χ4n) is 6.71. The van der Waals surface area contributed by atoms with Crippen LogP contribution in [0.15, 0.2) is 29.4 Å². The number of thioether (sulfide) groups is 1. The van der Waals surface area contributed by atoms with Crippen LogP contribution in [-0.4, -0.2) is 31.3 Å². The first-order valence-corrected chi connectivity index (χ1v) is 12.5. The maximum Gasteiger partial charge on any atom is 0.269 e. The molecular weight excluding hydrogens is 426 g/mol. The third-order valence-electron chi connectivity index (χ3n) is 7.50. The van der Waals surface area contributed by atoms with Gasteiger partial charge in [0.1, 0.15) is 5.82 Å². The highest BCUT2D eigenvalue weighted by atomic mass is 32.2. The monoisotopic (exact) mass is 455 g/mol. The molecule has 9 heteroatoms. The molecule has 1 aromatic heterocycles. The molecule has 1 heterocycles. The molecule has 32 heavy (non-hydrogen) atoms. The van der Waals surface area contributed by atoms with Crippen LogP contribution in [0.25, 0.3) is 0 Å². The summed E-state index contributed by atoms with van der Waals surface area (Å²) in [5.74, 6) is 3.85. The fraction of sp³-hybridized carbons (Fsp3) is 0.609. The average molecular weight is 456 g/mol. The zero-order chi connectivity index (χ0) is 22.3. The lowest BCUT2D eigenvalue weighted by atomic mass is 9.49. The van der Waals surface area contributed by atoms with Crippen molar-refractivity contribution in [2.45, 2.75) is 63.6 Å². The van der Waals surface area contributed by atoms with Gasteiger partial charge in [-0.1, -0.05) is 11.8 Å². The first-order valence-electron chi connectivity index (χ1n) is 11.5. The topological polar surface area (TPSA) is 103 Å². The number of non-ortho nitro benzene ring substituents is 1. The van der Waals surface area contributed by atoms with Gasteiger partial charge < -0.3 is 9.88 Å². The van der Waals surface area contributed by atoms with E-state index in [4.69, 9.17) is 0 Å². The van der Waals surface area contributed by atoms with E-state index in [1.165, 1.54) is 62.4 Å². The van der Waals surface area contributed by atoms with Gasteiger partial charge in [0, 0.05) is 30.8 Å². The van der Waals surface area contributed by atoms with Crippen LogP contribution in [0.3, 0.4) is 0 Å². The lowest BCUT2D eigenvalue weighted by Gasteiger charge is -2.56. The molecule has 1 amide bonds. The Balaban J connectivity index is 1.21. The van der Waals surface area contributed by atoms with Crippen molar-refractivity contribution in [2.24, 2.45) is 23.2 Å². The van der Waals surface area contributed by atoms with Crippen molar-refractivity contribution in [1.82, 2.24) is 14.8 Å². The standard InChI is InChI=1S/C23H29N5O3S/c1-2-27-20(13-23-10-15-7-16(11-23)9-17(8-15)12-23)25-26-22(27)32-14-21(29)24-18-3-5-19(6-4-18)28(30)31/h3-6,15-17H,2,7-14H2,1H3,(H,24,29). The Hall–Kier alpha value is -2.42. The summed E-state index contributed by atoms with van der Waals surface area (Å²) < 4.78 is 2.17. The van der Waals surface area contributed by atoms with Crippen molar-refractivity contribution >= 4 is 29.0 Å². The second-order valence-corrected chi connectivity index (χ2v) is 10.8. The lowest BCUT2D eigenvalue weighted by Crippen LogP contribution is -2.47. The predicted molar refractivity (Wildman–Crippen MR) is 122 cm³/mol. The van der Waals surface area contributed by atoms with Gasteiger partial charge >= 0.3 is 0 Å². The van der Waals surface area contributed by atoms with Gasteiger partial charge in [-0.05, 0) is 80.8 Å². The molecule has 4 bridgehead atoms. The Morgan fingerprint density at radius 3 is 2.34 bits per heavy atom. The van der Waals surface area contributed by atoms with E-state index in [1.54, 1.807) is 12.1 Å². The van der Waals surface area contributed by atoms with Gasteiger partial charge in [0.2, 0.25) is 5.91 Å². The zero-order valence-electron chi connectivity index (χ0n) is 18.3.